The van der Waals surface area contributed by atoms with E-state index in [0.29, 0.717) is 0 Å². The molecule has 1 N–H and O–H groups in total. The molecule has 0 unspecified atom stereocenters. The Kier molecular flexibility index (Phi) is 1.80. The third-order valence-electron chi connectivity index (χ3n) is 4.45. The summed E-state index contributed by atoms with van der Waals surface area (Å²) in [5.74, 6) is 0. The van der Waals surface area contributed by atoms with E-state index in [4.69, 9.17) is 0 Å². The number of rotatable bonds is 0. The van der Waals surface area contributed by atoms with E-state index in [1.54, 1.807) is 0 Å². The SMILES string of the molecule is c1ccc2c(c1)Cc1cc3ccc4cc[nH]c4c3cc1-2. The molecule has 0 radical (unpaired) electrons. The molecule has 4 aromatic rings. The number of H-pyrrole nitrogens is 1. The van der Waals surface area contributed by atoms with Gasteiger partial charge < -0.3 is 4.98 Å². The van der Waals surface area contributed by atoms with Crippen LogP contribution in [0, 0.1) is 0 Å². The fourth-order valence-corrected chi connectivity index (χ4v) is 3.49. The van der Waals surface area contributed by atoms with Gasteiger partial charge in [-0.25, -0.2) is 0 Å². The van der Waals surface area contributed by atoms with Crippen LogP contribution in [0.5, 0.6) is 0 Å². The predicted octanol–water partition coefficient (Wildman–Crippen LogP) is 4.89. The molecular weight excluding hydrogens is 242 g/mol. The van der Waals surface area contributed by atoms with Gasteiger partial charge in [0.2, 0.25) is 0 Å². The van der Waals surface area contributed by atoms with Crippen LogP contribution >= 0.6 is 0 Å². The van der Waals surface area contributed by atoms with E-state index in [1.165, 1.54) is 43.9 Å². The lowest BCUT2D eigenvalue weighted by Crippen LogP contribution is -1.83. The third-order valence-corrected chi connectivity index (χ3v) is 4.45. The standard InChI is InChI=1S/C19H13N/c1-2-4-16-13(3-1)9-15-10-14-6-5-12-7-8-20-19(12)18(14)11-17(15)16/h1-8,10-11,20H,9H2. The second kappa shape index (κ2) is 3.51. The highest BCUT2D eigenvalue weighted by Gasteiger charge is 2.18. The van der Waals surface area contributed by atoms with Gasteiger partial charge in [0.25, 0.3) is 0 Å². The van der Waals surface area contributed by atoms with E-state index in [9.17, 15) is 0 Å². The van der Waals surface area contributed by atoms with E-state index in [1.807, 2.05) is 6.20 Å². The number of hydrogen-bond acceptors (Lipinski definition) is 0. The zero-order valence-corrected chi connectivity index (χ0v) is 11.0. The van der Waals surface area contributed by atoms with Crippen LogP contribution in [0.1, 0.15) is 11.1 Å². The van der Waals surface area contributed by atoms with Crippen molar-refractivity contribution in [2.45, 2.75) is 6.42 Å². The van der Waals surface area contributed by atoms with Crippen molar-refractivity contribution in [3.63, 3.8) is 0 Å². The number of nitrogens with one attached hydrogen (secondary N) is 1. The highest BCUT2D eigenvalue weighted by molar-refractivity contribution is 6.07. The summed E-state index contributed by atoms with van der Waals surface area (Å²) in [5, 5.41) is 3.93. The smallest absolute Gasteiger partial charge is 0.0533 e. The summed E-state index contributed by atoms with van der Waals surface area (Å²) in [6.45, 7) is 0. The van der Waals surface area contributed by atoms with Crippen molar-refractivity contribution in [2.75, 3.05) is 0 Å². The summed E-state index contributed by atoms with van der Waals surface area (Å²) in [6.07, 6.45) is 3.08. The van der Waals surface area contributed by atoms with Crippen molar-refractivity contribution in [1.29, 1.82) is 0 Å². The molecule has 0 saturated heterocycles. The molecule has 1 aromatic heterocycles. The summed E-state index contributed by atoms with van der Waals surface area (Å²) < 4.78 is 0. The van der Waals surface area contributed by atoms with Gasteiger partial charge in [0.15, 0.2) is 0 Å². The molecule has 20 heavy (non-hydrogen) atoms. The Morgan fingerprint density at radius 1 is 0.750 bits per heavy atom. The van der Waals surface area contributed by atoms with E-state index in [2.05, 4.69) is 59.6 Å². The maximum Gasteiger partial charge on any atom is 0.0533 e. The minimum atomic E-state index is 1.06. The zero-order valence-electron chi connectivity index (χ0n) is 11.0. The molecule has 94 valence electrons. The Morgan fingerprint density at radius 2 is 1.65 bits per heavy atom. The Morgan fingerprint density at radius 3 is 2.65 bits per heavy atom. The minimum Gasteiger partial charge on any atom is -0.361 e. The average Bonchev–Trinajstić information content (AvgIpc) is 3.09. The highest BCUT2D eigenvalue weighted by Crippen LogP contribution is 2.39. The van der Waals surface area contributed by atoms with Crippen LogP contribution in [0.15, 0.2) is 60.8 Å². The first kappa shape index (κ1) is 10.3. The van der Waals surface area contributed by atoms with Gasteiger partial charge in [0.05, 0.1) is 5.52 Å². The first-order valence-electron chi connectivity index (χ1n) is 7.01. The molecule has 0 saturated carbocycles. The summed E-state index contributed by atoms with van der Waals surface area (Å²) in [6, 6.07) is 20.0. The Hall–Kier alpha value is -2.54. The molecule has 1 nitrogen and oxygen atoms in total. The molecule has 0 atom stereocenters. The molecule has 0 fully saturated rings. The summed E-state index contributed by atoms with van der Waals surface area (Å²) >= 11 is 0. The van der Waals surface area contributed by atoms with Crippen LogP contribution in [0.4, 0.5) is 0 Å². The van der Waals surface area contributed by atoms with Crippen molar-refractivity contribution >= 4 is 21.7 Å². The van der Waals surface area contributed by atoms with Gasteiger partial charge >= 0.3 is 0 Å². The first-order valence-corrected chi connectivity index (χ1v) is 7.01. The topological polar surface area (TPSA) is 15.8 Å². The third kappa shape index (κ3) is 1.22. The minimum absolute atomic E-state index is 1.06. The second-order valence-electron chi connectivity index (χ2n) is 5.57. The van der Waals surface area contributed by atoms with Crippen LogP contribution in [-0.2, 0) is 6.42 Å². The Balaban J connectivity index is 1.93. The van der Waals surface area contributed by atoms with Gasteiger partial charge in [-0.1, -0.05) is 42.5 Å². The molecule has 1 heterocycles. The molecule has 0 amide bonds. The molecule has 5 rings (SSSR count). The van der Waals surface area contributed by atoms with Crippen molar-refractivity contribution in [3.05, 3.63) is 71.9 Å². The predicted molar refractivity (Wildman–Crippen MR) is 84.0 cm³/mol. The van der Waals surface area contributed by atoms with E-state index < -0.39 is 0 Å². The number of aromatic amines is 1. The molecular formula is C19H13N. The van der Waals surface area contributed by atoms with Crippen molar-refractivity contribution in [1.82, 2.24) is 4.98 Å². The van der Waals surface area contributed by atoms with Gasteiger partial charge in [-0.3, -0.25) is 0 Å². The summed E-state index contributed by atoms with van der Waals surface area (Å²) in [7, 11) is 0. The van der Waals surface area contributed by atoms with Crippen LogP contribution in [0.25, 0.3) is 32.8 Å². The maximum absolute atomic E-state index is 3.38. The summed E-state index contributed by atoms with van der Waals surface area (Å²) in [5.41, 5.74) is 6.93. The normalized spacial score (nSPS) is 12.8. The van der Waals surface area contributed by atoms with Crippen LogP contribution < -0.4 is 0 Å². The molecule has 1 heteroatoms. The van der Waals surface area contributed by atoms with Gasteiger partial charge in [0, 0.05) is 17.0 Å². The van der Waals surface area contributed by atoms with Gasteiger partial charge in [-0.05, 0) is 46.2 Å². The largest absolute Gasteiger partial charge is 0.361 e. The molecule has 1 aliphatic carbocycles. The lowest BCUT2D eigenvalue weighted by molar-refractivity contribution is 1.27. The number of aromatic nitrogens is 1. The molecule has 0 bridgehead atoms. The molecule has 1 aliphatic rings. The zero-order chi connectivity index (χ0) is 13.1. The summed E-state index contributed by atoms with van der Waals surface area (Å²) in [4.78, 5) is 3.38. The van der Waals surface area contributed by atoms with Gasteiger partial charge in [0.1, 0.15) is 0 Å². The van der Waals surface area contributed by atoms with Crippen LogP contribution in [-0.4, -0.2) is 4.98 Å². The fraction of sp³-hybridized carbons (Fsp3) is 0.0526. The Bertz CT molecular complexity index is 976. The monoisotopic (exact) mass is 255 g/mol. The van der Waals surface area contributed by atoms with Gasteiger partial charge in [-0.2, -0.15) is 0 Å². The molecule has 0 spiro atoms. The highest BCUT2D eigenvalue weighted by atomic mass is 14.7. The maximum atomic E-state index is 3.38. The van der Waals surface area contributed by atoms with Crippen molar-refractivity contribution in [3.8, 4) is 11.1 Å². The second-order valence-corrected chi connectivity index (χ2v) is 5.57. The van der Waals surface area contributed by atoms with Gasteiger partial charge in [-0.15, -0.1) is 0 Å². The molecule has 3 aromatic carbocycles. The lowest BCUT2D eigenvalue weighted by atomic mass is 9.99. The molecule has 0 aliphatic heterocycles. The van der Waals surface area contributed by atoms with E-state index in [-0.39, 0.29) is 0 Å². The quantitative estimate of drug-likeness (QED) is 0.405. The van der Waals surface area contributed by atoms with E-state index in [0.717, 1.165) is 6.42 Å². The Labute approximate surface area is 116 Å². The fourth-order valence-electron chi connectivity index (χ4n) is 3.49. The van der Waals surface area contributed by atoms with Crippen molar-refractivity contribution < 1.29 is 0 Å². The first-order chi connectivity index (χ1) is 9.90. The van der Waals surface area contributed by atoms with Crippen LogP contribution in [0.3, 0.4) is 0 Å². The number of fused-ring (bicyclic) bond motifs is 6. The lowest BCUT2D eigenvalue weighted by Gasteiger charge is -2.05. The van der Waals surface area contributed by atoms with E-state index >= 15 is 0 Å². The number of hydrogen-bond donors (Lipinski definition) is 1. The van der Waals surface area contributed by atoms with Crippen molar-refractivity contribution in [2.24, 2.45) is 0 Å². The average molecular weight is 255 g/mol. The number of benzene rings is 3. The van der Waals surface area contributed by atoms with Crippen LogP contribution in [0.2, 0.25) is 0 Å².